The summed E-state index contributed by atoms with van der Waals surface area (Å²) in [5.74, 6) is 0.618. The minimum atomic E-state index is 0.618. The molecule has 0 spiro atoms. The highest BCUT2D eigenvalue weighted by atomic mass is 16.3. The van der Waals surface area contributed by atoms with Crippen LogP contribution >= 0.6 is 0 Å². The smallest absolute Gasteiger partial charge is 0.235 e. The number of hydrogen-bond donors (Lipinski definition) is 0. The summed E-state index contributed by atoms with van der Waals surface area (Å²) in [6.07, 6.45) is 0. The van der Waals surface area contributed by atoms with Crippen LogP contribution in [0.2, 0.25) is 0 Å². The third kappa shape index (κ3) is 4.34. The second-order valence-corrected chi connectivity index (χ2v) is 13.4. The molecule has 0 radical (unpaired) electrons. The van der Waals surface area contributed by atoms with Crippen molar-refractivity contribution in [2.75, 3.05) is 0 Å². The molecule has 0 aliphatic rings. The molecule has 0 saturated heterocycles. The van der Waals surface area contributed by atoms with Crippen LogP contribution in [0.5, 0.6) is 0 Å². The summed E-state index contributed by atoms with van der Waals surface area (Å²) in [7, 11) is 0. The van der Waals surface area contributed by atoms with Gasteiger partial charge in [0.15, 0.2) is 0 Å². The molecule has 0 atom stereocenters. The molecule has 0 bridgehead atoms. The number of para-hydroxylation sites is 2. The van der Waals surface area contributed by atoms with E-state index in [2.05, 4.69) is 162 Å². The molecular weight excluding hydrogens is 635 g/mol. The normalized spacial score (nSPS) is 11.8. The fourth-order valence-corrected chi connectivity index (χ4v) is 7.98. The number of aromatic nitrogens is 3. The molecule has 52 heavy (non-hydrogen) atoms. The summed E-state index contributed by atoms with van der Waals surface area (Å²) in [6, 6.07) is 61.9. The van der Waals surface area contributed by atoms with Crippen molar-refractivity contribution in [3.05, 3.63) is 176 Å². The highest BCUT2D eigenvalue weighted by Gasteiger charge is 2.22. The summed E-state index contributed by atoms with van der Waals surface area (Å²) in [5.41, 5.74) is 11.3. The Labute approximate surface area is 298 Å². The van der Waals surface area contributed by atoms with E-state index in [-0.39, 0.29) is 0 Å². The molecule has 4 heteroatoms. The van der Waals surface area contributed by atoms with Gasteiger partial charge < -0.3 is 4.42 Å². The first-order valence-electron chi connectivity index (χ1n) is 17.6. The molecular formula is C48H29N3O. The van der Waals surface area contributed by atoms with Crippen molar-refractivity contribution < 1.29 is 4.42 Å². The van der Waals surface area contributed by atoms with Crippen LogP contribution in [0.25, 0.3) is 105 Å². The second kappa shape index (κ2) is 11.2. The lowest BCUT2D eigenvalue weighted by Crippen LogP contribution is -2.03. The zero-order chi connectivity index (χ0) is 34.2. The quantitative estimate of drug-likeness (QED) is 0.188. The molecule has 0 aliphatic carbocycles. The zero-order valence-corrected chi connectivity index (χ0v) is 28.0. The van der Waals surface area contributed by atoms with Crippen molar-refractivity contribution in [1.29, 1.82) is 0 Å². The first kappa shape index (κ1) is 28.8. The summed E-state index contributed by atoms with van der Waals surface area (Å²) in [5, 5.41) is 7.84. The van der Waals surface area contributed by atoms with Crippen LogP contribution in [0.3, 0.4) is 0 Å². The molecule has 0 fully saturated rings. The predicted molar refractivity (Wildman–Crippen MR) is 215 cm³/mol. The molecule has 0 N–H and O–H groups in total. The van der Waals surface area contributed by atoms with Crippen molar-refractivity contribution in [1.82, 2.24) is 14.5 Å². The average molecular weight is 664 g/mol. The number of rotatable bonds is 4. The van der Waals surface area contributed by atoms with Crippen LogP contribution in [0.15, 0.2) is 180 Å². The van der Waals surface area contributed by atoms with Crippen molar-refractivity contribution in [3.63, 3.8) is 0 Å². The number of nitrogens with zero attached hydrogens (tertiary/aromatic N) is 3. The number of furan rings is 1. The SMILES string of the molecule is c1ccc(-c2ccc3c4c5oc6ccccc6c5ccc4n(-c4nc(-c5ccc(-c6cccc7ccccc67)cc5)c5ccccc5n4)c3c2)cc1. The Morgan fingerprint density at radius 3 is 2.00 bits per heavy atom. The van der Waals surface area contributed by atoms with Gasteiger partial charge in [-0.2, -0.15) is 0 Å². The minimum Gasteiger partial charge on any atom is -0.455 e. The van der Waals surface area contributed by atoms with E-state index in [0.717, 1.165) is 77.0 Å². The molecule has 0 saturated carbocycles. The Morgan fingerprint density at radius 1 is 0.423 bits per heavy atom. The van der Waals surface area contributed by atoms with E-state index in [1.54, 1.807) is 0 Å². The van der Waals surface area contributed by atoms with Crippen LogP contribution in [0.1, 0.15) is 0 Å². The van der Waals surface area contributed by atoms with Crippen LogP contribution in [-0.2, 0) is 0 Å². The van der Waals surface area contributed by atoms with Gasteiger partial charge in [0, 0.05) is 27.1 Å². The number of benzene rings is 8. The van der Waals surface area contributed by atoms with E-state index < -0.39 is 0 Å². The van der Waals surface area contributed by atoms with Gasteiger partial charge in [-0.15, -0.1) is 0 Å². The predicted octanol–water partition coefficient (Wildman–Crippen LogP) is 12.8. The van der Waals surface area contributed by atoms with Crippen molar-refractivity contribution in [2.45, 2.75) is 0 Å². The fraction of sp³-hybridized carbons (Fsp3) is 0. The van der Waals surface area contributed by atoms with E-state index in [1.165, 1.54) is 21.9 Å². The second-order valence-electron chi connectivity index (χ2n) is 13.4. The van der Waals surface area contributed by atoms with Crippen molar-refractivity contribution >= 4 is 65.4 Å². The summed E-state index contributed by atoms with van der Waals surface area (Å²) < 4.78 is 8.83. The molecule has 11 aromatic rings. The van der Waals surface area contributed by atoms with Crippen molar-refractivity contribution in [2.24, 2.45) is 0 Å². The first-order chi connectivity index (χ1) is 25.8. The third-order valence-electron chi connectivity index (χ3n) is 10.4. The molecule has 3 heterocycles. The monoisotopic (exact) mass is 663 g/mol. The zero-order valence-electron chi connectivity index (χ0n) is 28.0. The van der Waals surface area contributed by atoms with E-state index in [1.807, 2.05) is 18.2 Å². The number of hydrogen-bond acceptors (Lipinski definition) is 3. The van der Waals surface area contributed by atoms with E-state index in [4.69, 9.17) is 14.4 Å². The maximum absolute atomic E-state index is 6.62. The Morgan fingerprint density at radius 2 is 1.12 bits per heavy atom. The Kier molecular flexibility index (Phi) is 6.22. The van der Waals surface area contributed by atoms with Gasteiger partial charge in [-0.05, 0) is 63.4 Å². The lowest BCUT2D eigenvalue weighted by atomic mass is 9.96. The topological polar surface area (TPSA) is 43.9 Å². The standard InChI is InChI=1S/C48H29N3O/c1-2-11-30(12-3-1)34-25-26-40-43(29-34)51(42-28-27-38-37-16-7-9-20-44(37)52-47(38)45(40)42)48-49-41-19-8-6-17-39(41)46(50-48)33-23-21-32(22-24-33)36-18-10-14-31-13-4-5-15-35(31)36/h1-29H. The molecule has 11 rings (SSSR count). The maximum Gasteiger partial charge on any atom is 0.235 e. The summed E-state index contributed by atoms with van der Waals surface area (Å²) in [4.78, 5) is 10.7. The Bertz CT molecular complexity index is 3170. The molecule has 0 aliphatic heterocycles. The van der Waals surface area contributed by atoms with Gasteiger partial charge in [0.2, 0.25) is 5.95 Å². The number of fused-ring (bicyclic) bond motifs is 9. The molecule has 0 amide bonds. The maximum atomic E-state index is 6.62. The van der Waals surface area contributed by atoms with Gasteiger partial charge in [-0.1, -0.05) is 146 Å². The van der Waals surface area contributed by atoms with Crippen LogP contribution in [0.4, 0.5) is 0 Å². The highest BCUT2D eigenvalue weighted by molar-refractivity contribution is 6.24. The van der Waals surface area contributed by atoms with Crippen LogP contribution < -0.4 is 0 Å². The van der Waals surface area contributed by atoms with Gasteiger partial charge in [-0.25, -0.2) is 9.97 Å². The molecule has 0 unspecified atom stereocenters. The highest BCUT2D eigenvalue weighted by Crippen LogP contribution is 2.42. The third-order valence-corrected chi connectivity index (χ3v) is 10.4. The van der Waals surface area contributed by atoms with Crippen molar-refractivity contribution in [3.8, 4) is 39.5 Å². The Balaban J connectivity index is 1.17. The molecule has 3 aromatic heterocycles. The molecule has 242 valence electrons. The average Bonchev–Trinajstić information content (AvgIpc) is 3.76. The lowest BCUT2D eigenvalue weighted by Gasteiger charge is -2.13. The lowest BCUT2D eigenvalue weighted by molar-refractivity contribution is 0.673. The van der Waals surface area contributed by atoms with Gasteiger partial charge in [0.05, 0.1) is 27.6 Å². The first-order valence-corrected chi connectivity index (χ1v) is 17.6. The molecule has 8 aromatic carbocycles. The van der Waals surface area contributed by atoms with Gasteiger partial charge >= 0.3 is 0 Å². The van der Waals surface area contributed by atoms with E-state index >= 15 is 0 Å². The Hall–Kier alpha value is -7.04. The van der Waals surface area contributed by atoms with Crippen LogP contribution in [-0.4, -0.2) is 14.5 Å². The van der Waals surface area contributed by atoms with E-state index in [9.17, 15) is 0 Å². The minimum absolute atomic E-state index is 0.618. The fourth-order valence-electron chi connectivity index (χ4n) is 7.98. The van der Waals surface area contributed by atoms with E-state index in [0.29, 0.717) is 5.95 Å². The largest absolute Gasteiger partial charge is 0.455 e. The summed E-state index contributed by atoms with van der Waals surface area (Å²) in [6.45, 7) is 0. The van der Waals surface area contributed by atoms with Crippen LogP contribution in [0, 0.1) is 0 Å². The van der Waals surface area contributed by atoms with Gasteiger partial charge in [0.25, 0.3) is 0 Å². The van der Waals surface area contributed by atoms with Gasteiger partial charge in [0.1, 0.15) is 11.2 Å². The van der Waals surface area contributed by atoms with Gasteiger partial charge in [-0.3, -0.25) is 4.57 Å². The summed E-state index contributed by atoms with van der Waals surface area (Å²) >= 11 is 0. The molecule has 4 nitrogen and oxygen atoms in total.